The van der Waals surface area contributed by atoms with E-state index < -0.39 is 10.0 Å². The van der Waals surface area contributed by atoms with E-state index in [0.29, 0.717) is 12.2 Å². The van der Waals surface area contributed by atoms with Crippen molar-refractivity contribution in [1.82, 2.24) is 5.32 Å². The fourth-order valence-corrected chi connectivity index (χ4v) is 2.71. The highest BCUT2D eigenvalue weighted by atomic mass is 32.2. The third kappa shape index (κ3) is 3.31. The molecular weight excluding hydrogens is 266 g/mol. The lowest BCUT2D eigenvalue weighted by molar-refractivity contribution is -0.120. The lowest BCUT2D eigenvalue weighted by Crippen LogP contribution is -2.27. The summed E-state index contributed by atoms with van der Waals surface area (Å²) in [5, 5.41) is 10.9. The number of nitrogens with one attached hydrogen (secondary N) is 2. The Morgan fingerprint density at radius 1 is 1.42 bits per heavy atom. The summed E-state index contributed by atoms with van der Waals surface area (Å²) in [4.78, 5) is 12.0. The third-order valence-corrected chi connectivity index (χ3v) is 4.20. The molecule has 1 saturated heterocycles. The molecule has 1 aliphatic heterocycles. The van der Waals surface area contributed by atoms with Gasteiger partial charge in [0.1, 0.15) is 0 Å². The fraction of sp³-hybridized carbons (Fsp3) is 0.417. The average molecular weight is 283 g/mol. The van der Waals surface area contributed by atoms with Crippen molar-refractivity contribution in [3.8, 4) is 0 Å². The van der Waals surface area contributed by atoms with Crippen molar-refractivity contribution in [3.05, 3.63) is 24.3 Å². The Labute approximate surface area is 112 Å². The maximum Gasteiger partial charge on any atom is 0.238 e. The van der Waals surface area contributed by atoms with Gasteiger partial charge in [0.25, 0.3) is 0 Å². The molecule has 7 heteroatoms. The molecule has 1 aliphatic rings. The van der Waals surface area contributed by atoms with E-state index in [1.165, 1.54) is 12.1 Å². The van der Waals surface area contributed by atoms with Gasteiger partial charge in [0.05, 0.1) is 10.8 Å². The number of primary sulfonamides is 1. The maximum atomic E-state index is 12.1. The average Bonchev–Trinajstić information content (AvgIpc) is 2.75. The number of amides is 1. The van der Waals surface area contributed by atoms with Gasteiger partial charge in [-0.1, -0.05) is 13.0 Å². The molecular formula is C12H17N3O3S. The standard InChI is InChI=1S/C12H17N3O3S/c1-8-6-14-7-11(8)12(16)15-9-3-2-4-10(5-9)19(13,17)18/h2-5,8,11,14H,6-7H2,1H3,(H,15,16)(H2,13,17,18). The van der Waals surface area contributed by atoms with E-state index in [2.05, 4.69) is 10.6 Å². The lowest BCUT2D eigenvalue weighted by Gasteiger charge is -2.14. The Morgan fingerprint density at radius 2 is 2.16 bits per heavy atom. The third-order valence-electron chi connectivity index (χ3n) is 3.28. The van der Waals surface area contributed by atoms with Crippen molar-refractivity contribution in [2.45, 2.75) is 11.8 Å². The van der Waals surface area contributed by atoms with E-state index in [-0.39, 0.29) is 22.6 Å². The number of carbonyl (C=O) groups is 1. The number of hydrogen-bond acceptors (Lipinski definition) is 4. The minimum atomic E-state index is -3.75. The number of carbonyl (C=O) groups excluding carboxylic acids is 1. The highest BCUT2D eigenvalue weighted by Gasteiger charge is 2.29. The summed E-state index contributed by atoms with van der Waals surface area (Å²) in [6.45, 7) is 3.46. The van der Waals surface area contributed by atoms with Gasteiger partial charge in [-0.05, 0) is 30.7 Å². The molecule has 0 aliphatic carbocycles. The van der Waals surface area contributed by atoms with Crippen LogP contribution in [0.3, 0.4) is 0 Å². The van der Waals surface area contributed by atoms with Crippen LogP contribution in [0, 0.1) is 11.8 Å². The molecule has 0 saturated carbocycles. The molecule has 0 radical (unpaired) electrons. The molecule has 1 aromatic carbocycles. The summed E-state index contributed by atoms with van der Waals surface area (Å²) in [7, 11) is -3.75. The van der Waals surface area contributed by atoms with Crippen LogP contribution in [0.5, 0.6) is 0 Å². The topological polar surface area (TPSA) is 101 Å². The van der Waals surface area contributed by atoms with Crippen LogP contribution in [0.25, 0.3) is 0 Å². The second kappa shape index (κ2) is 5.28. The van der Waals surface area contributed by atoms with Gasteiger partial charge < -0.3 is 10.6 Å². The number of hydrogen-bond donors (Lipinski definition) is 3. The van der Waals surface area contributed by atoms with Gasteiger partial charge in [-0.3, -0.25) is 4.79 Å². The number of anilines is 1. The summed E-state index contributed by atoms with van der Waals surface area (Å²) in [6.07, 6.45) is 0. The largest absolute Gasteiger partial charge is 0.326 e. The smallest absolute Gasteiger partial charge is 0.238 e. The summed E-state index contributed by atoms with van der Waals surface area (Å²) in [5.74, 6) is 0.0589. The van der Waals surface area contributed by atoms with E-state index in [0.717, 1.165) is 6.54 Å². The van der Waals surface area contributed by atoms with Gasteiger partial charge in [-0.25, -0.2) is 13.6 Å². The summed E-state index contributed by atoms with van der Waals surface area (Å²) < 4.78 is 22.5. The van der Waals surface area contributed by atoms with Crippen molar-refractivity contribution in [1.29, 1.82) is 0 Å². The first kappa shape index (κ1) is 14.0. The molecule has 104 valence electrons. The Balaban J connectivity index is 2.13. The van der Waals surface area contributed by atoms with E-state index >= 15 is 0 Å². The van der Waals surface area contributed by atoms with E-state index in [4.69, 9.17) is 5.14 Å². The van der Waals surface area contributed by atoms with Crippen molar-refractivity contribution >= 4 is 21.6 Å². The van der Waals surface area contributed by atoms with Crippen molar-refractivity contribution in [3.63, 3.8) is 0 Å². The Hall–Kier alpha value is -1.44. The van der Waals surface area contributed by atoms with E-state index in [9.17, 15) is 13.2 Å². The van der Waals surface area contributed by atoms with Crippen LogP contribution in [0.2, 0.25) is 0 Å². The Morgan fingerprint density at radius 3 is 2.74 bits per heavy atom. The molecule has 0 spiro atoms. The second-order valence-electron chi connectivity index (χ2n) is 4.80. The summed E-state index contributed by atoms with van der Waals surface area (Å²) in [5.41, 5.74) is 0.440. The van der Waals surface area contributed by atoms with Crippen molar-refractivity contribution in [2.24, 2.45) is 17.0 Å². The van der Waals surface area contributed by atoms with Crippen LogP contribution in [0.1, 0.15) is 6.92 Å². The molecule has 1 heterocycles. The van der Waals surface area contributed by atoms with Crippen LogP contribution in [0.4, 0.5) is 5.69 Å². The molecule has 2 unspecified atom stereocenters. The second-order valence-corrected chi connectivity index (χ2v) is 6.37. The Bertz CT molecular complexity index is 586. The molecule has 2 rings (SSSR count). The highest BCUT2D eigenvalue weighted by molar-refractivity contribution is 7.89. The van der Waals surface area contributed by atoms with Crippen LogP contribution < -0.4 is 15.8 Å². The normalized spacial score (nSPS) is 23.3. The molecule has 1 amide bonds. The molecule has 6 nitrogen and oxygen atoms in total. The summed E-state index contributed by atoms with van der Waals surface area (Å²) in [6, 6.07) is 5.94. The number of rotatable bonds is 3. The van der Waals surface area contributed by atoms with Crippen LogP contribution in [-0.4, -0.2) is 27.4 Å². The first-order valence-corrected chi connectivity index (χ1v) is 7.57. The lowest BCUT2D eigenvalue weighted by atomic mass is 9.97. The zero-order valence-corrected chi connectivity index (χ0v) is 11.4. The SMILES string of the molecule is CC1CNCC1C(=O)Nc1cccc(S(N)(=O)=O)c1. The van der Waals surface area contributed by atoms with Gasteiger partial charge >= 0.3 is 0 Å². The number of benzene rings is 1. The van der Waals surface area contributed by atoms with Gasteiger partial charge in [0.2, 0.25) is 15.9 Å². The zero-order chi connectivity index (χ0) is 14.0. The molecule has 1 aromatic rings. The minimum Gasteiger partial charge on any atom is -0.326 e. The first-order valence-electron chi connectivity index (χ1n) is 6.02. The van der Waals surface area contributed by atoms with Gasteiger partial charge in [-0.15, -0.1) is 0 Å². The van der Waals surface area contributed by atoms with Gasteiger partial charge in [-0.2, -0.15) is 0 Å². The van der Waals surface area contributed by atoms with E-state index in [1.54, 1.807) is 12.1 Å². The first-order chi connectivity index (χ1) is 8.88. The van der Waals surface area contributed by atoms with Crippen LogP contribution in [0.15, 0.2) is 29.2 Å². The monoisotopic (exact) mass is 283 g/mol. The van der Waals surface area contributed by atoms with Crippen LogP contribution >= 0.6 is 0 Å². The van der Waals surface area contributed by atoms with Crippen molar-refractivity contribution in [2.75, 3.05) is 18.4 Å². The quantitative estimate of drug-likeness (QED) is 0.733. The molecule has 0 aromatic heterocycles. The predicted octanol–water partition coefficient (Wildman–Crippen LogP) is 0.128. The molecule has 19 heavy (non-hydrogen) atoms. The van der Waals surface area contributed by atoms with Crippen molar-refractivity contribution < 1.29 is 13.2 Å². The van der Waals surface area contributed by atoms with Gasteiger partial charge in [0, 0.05) is 12.2 Å². The van der Waals surface area contributed by atoms with Gasteiger partial charge in [0.15, 0.2) is 0 Å². The maximum absolute atomic E-state index is 12.1. The molecule has 2 atom stereocenters. The Kier molecular flexibility index (Phi) is 3.88. The molecule has 4 N–H and O–H groups in total. The molecule has 1 fully saturated rings. The number of sulfonamides is 1. The number of nitrogens with two attached hydrogens (primary N) is 1. The van der Waals surface area contributed by atoms with E-state index in [1.807, 2.05) is 6.92 Å². The zero-order valence-electron chi connectivity index (χ0n) is 10.6. The minimum absolute atomic E-state index is 0.0112. The predicted molar refractivity (Wildman–Crippen MR) is 72.0 cm³/mol. The summed E-state index contributed by atoms with van der Waals surface area (Å²) >= 11 is 0. The molecule has 0 bridgehead atoms. The van der Waals surface area contributed by atoms with Crippen LogP contribution in [-0.2, 0) is 14.8 Å². The highest BCUT2D eigenvalue weighted by Crippen LogP contribution is 2.19. The fourth-order valence-electron chi connectivity index (χ4n) is 2.15.